The Kier molecular flexibility index (Phi) is 5.19. The average Bonchev–Trinajstić information content (AvgIpc) is 2.71. The Bertz CT molecular complexity index is 475. The number of amides is 1. The van der Waals surface area contributed by atoms with Crippen LogP contribution < -0.4 is 5.32 Å². The quantitative estimate of drug-likeness (QED) is 0.869. The number of carbonyl (C=O) groups excluding carboxylic acids is 2. The Labute approximate surface area is 115 Å². The first-order valence-electron chi connectivity index (χ1n) is 4.93. The maximum atomic E-state index is 12.3. The van der Waals surface area contributed by atoms with Crippen molar-refractivity contribution in [3.8, 4) is 0 Å². The molecule has 1 N–H and O–H groups in total. The molecule has 106 valence electrons. The van der Waals surface area contributed by atoms with E-state index in [1.807, 2.05) is 5.32 Å². The molecule has 0 fully saturated rings. The highest BCUT2D eigenvalue weighted by molar-refractivity contribution is 7.12. The molecule has 9 heteroatoms. The van der Waals surface area contributed by atoms with Gasteiger partial charge in [0.2, 0.25) is 0 Å². The lowest BCUT2D eigenvalue weighted by molar-refractivity contribution is -0.160. The largest absolute Gasteiger partial charge is 0.467 e. The van der Waals surface area contributed by atoms with Crippen LogP contribution in [0.4, 0.5) is 13.2 Å². The fourth-order valence-electron chi connectivity index (χ4n) is 1.25. The number of esters is 1. The van der Waals surface area contributed by atoms with Crippen LogP contribution in [0.3, 0.4) is 0 Å². The molecule has 0 aliphatic carbocycles. The molecule has 1 aromatic rings. The van der Waals surface area contributed by atoms with E-state index in [9.17, 15) is 22.8 Å². The number of alkyl halides is 3. The zero-order chi connectivity index (χ0) is 14.6. The molecule has 1 heterocycles. The highest BCUT2D eigenvalue weighted by atomic mass is 35.5. The van der Waals surface area contributed by atoms with E-state index in [1.165, 1.54) is 11.4 Å². The van der Waals surface area contributed by atoms with Crippen LogP contribution in [0.1, 0.15) is 16.1 Å². The first kappa shape index (κ1) is 15.8. The van der Waals surface area contributed by atoms with Crippen molar-refractivity contribution in [1.29, 1.82) is 0 Å². The molecule has 0 radical (unpaired) electrons. The van der Waals surface area contributed by atoms with Gasteiger partial charge in [0.1, 0.15) is 10.9 Å². The van der Waals surface area contributed by atoms with Gasteiger partial charge in [-0.2, -0.15) is 13.2 Å². The summed E-state index contributed by atoms with van der Waals surface area (Å²) in [6.07, 6.45) is -6.11. The summed E-state index contributed by atoms with van der Waals surface area (Å²) in [5.74, 6) is -2.02. The van der Waals surface area contributed by atoms with Crippen molar-refractivity contribution >= 4 is 34.8 Å². The minimum absolute atomic E-state index is 0.0396. The molecule has 0 saturated heterocycles. The molecule has 1 amide bonds. The second-order valence-corrected chi connectivity index (χ2v) is 4.79. The van der Waals surface area contributed by atoms with Crippen LogP contribution in [-0.2, 0) is 9.53 Å². The van der Waals surface area contributed by atoms with Crippen LogP contribution in [0, 0.1) is 0 Å². The number of nitrogens with one attached hydrogen (secondary N) is 1. The molecule has 0 aromatic carbocycles. The van der Waals surface area contributed by atoms with Crippen LogP contribution in [0.25, 0.3) is 0 Å². The Morgan fingerprint density at radius 1 is 1.53 bits per heavy atom. The molecule has 1 atom stereocenters. The van der Waals surface area contributed by atoms with Crippen molar-refractivity contribution in [2.45, 2.75) is 18.6 Å². The van der Waals surface area contributed by atoms with E-state index >= 15 is 0 Å². The van der Waals surface area contributed by atoms with E-state index in [0.717, 1.165) is 18.4 Å². The van der Waals surface area contributed by atoms with Gasteiger partial charge in [0.05, 0.1) is 18.6 Å². The molecule has 0 unspecified atom stereocenters. The van der Waals surface area contributed by atoms with Crippen molar-refractivity contribution in [3.05, 3.63) is 21.3 Å². The monoisotopic (exact) mass is 315 g/mol. The minimum Gasteiger partial charge on any atom is -0.467 e. The van der Waals surface area contributed by atoms with Crippen LogP contribution in [0.15, 0.2) is 11.4 Å². The number of thiophene rings is 1. The average molecular weight is 316 g/mol. The van der Waals surface area contributed by atoms with Gasteiger partial charge in [0.25, 0.3) is 5.91 Å². The molecule has 0 bridgehead atoms. The Morgan fingerprint density at radius 3 is 2.58 bits per heavy atom. The van der Waals surface area contributed by atoms with Gasteiger partial charge in [-0.1, -0.05) is 11.6 Å². The molecular formula is C10H9ClF3NO3S. The van der Waals surface area contributed by atoms with Gasteiger partial charge in [-0.05, 0) is 11.4 Å². The normalized spacial score (nSPS) is 12.9. The number of rotatable bonds is 4. The summed E-state index contributed by atoms with van der Waals surface area (Å²) >= 11 is 6.64. The molecule has 0 aliphatic rings. The molecule has 0 saturated carbocycles. The number of methoxy groups -OCH3 is 1. The first-order chi connectivity index (χ1) is 8.74. The summed E-state index contributed by atoms with van der Waals surface area (Å²) in [4.78, 5) is 22.9. The third kappa shape index (κ3) is 4.71. The number of hydrogen-bond donors (Lipinski definition) is 1. The third-order valence-corrected chi connectivity index (χ3v) is 3.39. The van der Waals surface area contributed by atoms with Crippen molar-refractivity contribution in [2.75, 3.05) is 7.11 Å². The van der Waals surface area contributed by atoms with Crippen molar-refractivity contribution in [1.82, 2.24) is 5.32 Å². The van der Waals surface area contributed by atoms with Gasteiger partial charge in [0, 0.05) is 0 Å². The standard InChI is InChI=1S/C10H9ClF3NO3S/c1-18-9(17)6(4-10(12,13)14)15-8(16)7-5(11)2-3-19-7/h2-3,6H,4H2,1H3,(H,15,16)/t6-/m0/s1. The lowest BCUT2D eigenvalue weighted by Gasteiger charge is -2.17. The van der Waals surface area contributed by atoms with E-state index in [4.69, 9.17) is 11.6 Å². The SMILES string of the molecule is COC(=O)[C@H](CC(F)(F)F)NC(=O)c1sccc1Cl. The van der Waals surface area contributed by atoms with Crippen LogP contribution in [0.5, 0.6) is 0 Å². The highest BCUT2D eigenvalue weighted by Crippen LogP contribution is 2.24. The summed E-state index contributed by atoms with van der Waals surface area (Å²) in [5, 5.41) is 3.58. The molecule has 0 aliphatic heterocycles. The number of halogens is 4. The number of ether oxygens (including phenoxy) is 1. The predicted octanol–water partition coefficient (Wildman–Crippen LogP) is 2.63. The molecule has 4 nitrogen and oxygen atoms in total. The third-order valence-electron chi connectivity index (χ3n) is 2.05. The zero-order valence-corrected chi connectivity index (χ0v) is 11.2. The summed E-state index contributed by atoms with van der Waals surface area (Å²) in [6.45, 7) is 0. The minimum atomic E-state index is -4.61. The number of hydrogen-bond acceptors (Lipinski definition) is 4. The topological polar surface area (TPSA) is 55.4 Å². The van der Waals surface area contributed by atoms with E-state index < -0.39 is 30.5 Å². The van der Waals surface area contributed by atoms with Gasteiger partial charge < -0.3 is 10.1 Å². The van der Waals surface area contributed by atoms with Gasteiger partial charge in [-0.25, -0.2) is 4.79 Å². The maximum absolute atomic E-state index is 12.3. The van der Waals surface area contributed by atoms with E-state index in [-0.39, 0.29) is 9.90 Å². The Hall–Kier alpha value is -1.28. The van der Waals surface area contributed by atoms with Crippen molar-refractivity contribution < 1.29 is 27.5 Å². The predicted molar refractivity (Wildman–Crippen MR) is 63.3 cm³/mol. The molecule has 1 aromatic heterocycles. The van der Waals surface area contributed by atoms with E-state index in [1.54, 1.807) is 0 Å². The van der Waals surface area contributed by atoms with Gasteiger partial charge in [-0.3, -0.25) is 4.79 Å². The highest BCUT2D eigenvalue weighted by Gasteiger charge is 2.37. The van der Waals surface area contributed by atoms with Gasteiger partial charge in [-0.15, -0.1) is 11.3 Å². The first-order valence-corrected chi connectivity index (χ1v) is 6.19. The summed E-state index contributed by atoms with van der Waals surface area (Å²) < 4.78 is 41.1. The van der Waals surface area contributed by atoms with Gasteiger partial charge >= 0.3 is 12.1 Å². The molecule has 1 rings (SSSR count). The Morgan fingerprint density at radius 2 is 2.16 bits per heavy atom. The lowest BCUT2D eigenvalue weighted by Crippen LogP contribution is -2.44. The fourth-order valence-corrected chi connectivity index (χ4v) is 2.29. The summed E-state index contributed by atoms with van der Waals surface area (Å²) in [6, 6.07) is -0.367. The molecular weight excluding hydrogens is 307 g/mol. The fraction of sp³-hybridized carbons (Fsp3) is 0.400. The summed E-state index contributed by atoms with van der Waals surface area (Å²) in [7, 11) is 0.940. The van der Waals surface area contributed by atoms with E-state index in [2.05, 4.69) is 4.74 Å². The summed E-state index contributed by atoms with van der Waals surface area (Å²) in [5.41, 5.74) is 0. The zero-order valence-electron chi connectivity index (χ0n) is 9.58. The van der Waals surface area contributed by atoms with E-state index in [0.29, 0.717) is 0 Å². The van der Waals surface area contributed by atoms with Gasteiger partial charge in [0.15, 0.2) is 0 Å². The van der Waals surface area contributed by atoms with Crippen molar-refractivity contribution in [2.24, 2.45) is 0 Å². The number of carbonyl (C=O) groups is 2. The lowest BCUT2D eigenvalue weighted by atomic mass is 10.2. The second kappa shape index (κ2) is 6.25. The second-order valence-electron chi connectivity index (χ2n) is 3.47. The van der Waals surface area contributed by atoms with Crippen LogP contribution in [-0.4, -0.2) is 31.2 Å². The van der Waals surface area contributed by atoms with Crippen molar-refractivity contribution in [3.63, 3.8) is 0 Å². The Balaban J connectivity index is 2.81. The van der Waals surface area contributed by atoms with Crippen LogP contribution >= 0.6 is 22.9 Å². The molecule has 0 spiro atoms. The molecule has 19 heavy (non-hydrogen) atoms. The smallest absolute Gasteiger partial charge is 0.391 e. The maximum Gasteiger partial charge on any atom is 0.391 e. The van der Waals surface area contributed by atoms with Crippen LogP contribution in [0.2, 0.25) is 5.02 Å².